The zero-order valence-corrected chi connectivity index (χ0v) is 12.7. The van der Waals surface area contributed by atoms with E-state index < -0.39 is 0 Å². The summed E-state index contributed by atoms with van der Waals surface area (Å²) in [5.41, 5.74) is 5.97. The van der Waals surface area contributed by atoms with Crippen LogP contribution in [-0.2, 0) is 4.79 Å². The van der Waals surface area contributed by atoms with Gasteiger partial charge in [0.1, 0.15) is 0 Å². The molecule has 0 aromatic heterocycles. The van der Waals surface area contributed by atoms with Crippen LogP contribution in [0.2, 0.25) is 0 Å². The van der Waals surface area contributed by atoms with Gasteiger partial charge in [0.15, 0.2) is 0 Å². The molecule has 2 aliphatic rings. The zero-order valence-electron chi connectivity index (χ0n) is 12.7. The Balaban J connectivity index is 1.91. The van der Waals surface area contributed by atoms with Gasteiger partial charge in [-0.3, -0.25) is 4.79 Å². The van der Waals surface area contributed by atoms with Crippen molar-refractivity contribution in [3.8, 4) is 0 Å². The van der Waals surface area contributed by atoms with Crippen LogP contribution in [0.4, 0.5) is 0 Å². The molecule has 110 valence electrons. The van der Waals surface area contributed by atoms with Crippen molar-refractivity contribution in [1.82, 2.24) is 4.90 Å². The lowest BCUT2D eigenvalue weighted by atomic mass is 9.78. The molecule has 0 radical (unpaired) electrons. The van der Waals surface area contributed by atoms with Crippen LogP contribution in [0.3, 0.4) is 0 Å². The maximum Gasteiger partial charge on any atom is 0.225 e. The second-order valence-electron chi connectivity index (χ2n) is 7.33. The Morgan fingerprint density at radius 2 is 2.11 bits per heavy atom. The quantitative estimate of drug-likeness (QED) is 0.854. The van der Waals surface area contributed by atoms with Crippen molar-refractivity contribution >= 4 is 5.91 Å². The molecule has 1 aliphatic carbocycles. The highest BCUT2D eigenvalue weighted by molar-refractivity contribution is 5.79. The Kier molecular flexibility index (Phi) is 4.88. The number of piperidine rings is 1. The number of carbonyl (C=O) groups is 1. The van der Waals surface area contributed by atoms with Crippen molar-refractivity contribution in [3.63, 3.8) is 0 Å². The molecule has 3 heteroatoms. The van der Waals surface area contributed by atoms with Crippen LogP contribution in [0.1, 0.15) is 58.8 Å². The number of hydrogen-bond acceptors (Lipinski definition) is 2. The standard InChI is InChI=1S/C16H30N2O/c1-16(2)8-4-10-18(12-16)15(19)14-6-3-5-13(11-14)7-9-17/h13-14H,3-12,17H2,1-2H3. The van der Waals surface area contributed by atoms with Crippen molar-refractivity contribution in [2.45, 2.75) is 58.8 Å². The molecule has 2 fully saturated rings. The fourth-order valence-corrected chi connectivity index (χ4v) is 3.88. The lowest BCUT2D eigenvalue weighted by molar-refractivity contribution is -0.140. The molecule has 1 saturated heterocycles. The number of hydrogen-bond donors (Lipinski definition) is 1. The Labute approximate surface area is 117 Å². The molecule has 1 aliphatic heterocycles. The summed E-state index contributed by atoms with van der Waals surface area (Å²) >= 11 is 0. The third-order valence-corrected chi connectivity index (χ3v) is 4.92. The number of rotatable bonds is 3. The van der Waals surface area contributed by atoms with Crippen molar-refractivity contribution in [2.75, 3.05) is 19.6 Å². The van der Waals surface area contributed by atoms with Gasteiger partial charge < -0.3 is 10.6 Å². The van der Waals surface area contributed by atoms with Gasteiger partial charge in [-0.25, -0.2) is 0 Å². The van der Waals surface area contributed by atoms with Crippen LogP contribution in [-0.4, -0.2) is 30.4 Å². The van der Waals surface area contributed by atoms with Crippen molar-refractivity contribution < 1.29 is 4.79 Å². The topological polar surface area (TPSA) is 46.3 Å². The molecule has 1 heterocycles. The summed E-state index contributed by atoms with van der Waals surface area (Å²) in [5.74, 6) is 1.39. The van der Waals surface area contributed by atoms with Gasteiger partial charge in [-0.2, -0.15) is 0 Å². The normalized spacial score (nSPS) is 31.2. The zero-order chi connectivity index (χ0) is 13.9. The number of amides is 1. The van der Waals surface area contributed by atoms with E-state index in [4.69, 9.17) is 5.73 Å². The third-order valence-electron chi connectivity index (χ3n) is 4.92. The maximum absolute atomic E-state index is 12.7. The summed E-state index contributed by atoms with van der Waals surface area (Å²) in [6.07, 6.45) is 8.15. The van der Waals surface area contributed by atoms with E-state index in [2.05, 4.69) is 18.7 Å². The van der Waals surface area contributed by atoms with Gasteiger partial charge in [0.2, 0.25) is 5.91 Å². The summed E-state index contributed by atoms with van der Waals surface area (Å²) in [7, 11) is 0. The third kappa shape index (κ3) is 3.95. The molecule has 0 bridgehead atoms. The minimum absolute atomic E-state index is 0.277. The van der Waals surface area contributed by atoms with Crippen molar-refractivity contribution in [2.24, 2.45) is 23.0 Å². The molecule has 1 amide bonds. The second kappa shape index (κ2) is 6.25. The first kappa shape index (κ1) is 14.8. The summed E-state index contributed by atoms with van der Waals surface area (Å²) in [6.45, 7) is 7.25. The molecule has 19 heavy (non-hydrogen) atoms. The number of nitrogens with two attached hydrogens (primary N) is 1. The van der Waals surface area contributed by atoms with E-state index in [1.54, 1.807) is 0 Å². The smallest absolute Gasteiger partial charge is 0.225 e. The molecule has 0 aromatic carbocycles. The predicted molar refractivity (Wildman–Crippen MR) is 78.7 cm³/mol. The highest BCUT2D eigenvalue weighted by Crippen LogP contribution is 2.34. The van der Waals surface area contributed by atoms with Gasteiger partial charge in [-0.05, 0) is 50.0 Å². The molecule has 0 aromatic rings. The van der Waals surface area contributed by atoms with Gasteiger partial charge in [-0.1, -0.05) is 26.7 Å². The average molecular weight is 266 g/mol. The Bertz CT molecular complexity index is 312. The van der Waals surface area contributed by atoms with Crippen LogP contribution >= 0.6 is 0 Å². The van der Waals surface area contributed by atoms with E-state index in [-0.39, 0.29) is 5.92 Å². The lowest BCUT2D eigenvalue weighted by Crippen LogP contribution is -2.46. The summed E-state index contributed by atoms with van der Waals surface area (Å²) < 4.78 is 0. The maximum atomic E-state index is 12.7. The predicted octanol–water partition coefficient (Wildman–Crippen LogP) is 2.79. The van der Waals surface area contributed by atoms with Crippen LogP contribution in [0.5, 0.6) is 0 Å². The Hall–Kier alpha value is -0.570. The van der Waals surface area contributed by atoms with Gasteiger partial charge in [0.25, 0.3) is 0 Å². The van der Waals surface area contributed by atoms with Crippen LogP contribution in [0.15, 0.2) is 0 Å². The monoisotopic (exact) mass is 266 g/mol. The molecule has 2 atom stereocenters. The van der Waals surface area contributed by atoms with Crippen molar-refractivity contribution in [1.29, 1.82) is 0 Å². The van der Waals surface area contributed by atoms with E-state index in [1.807, 2.05) is 0 Å². The van der Waals surface area contributed by atoms with E-state index in [0.717, 1.165) is 45.3 Å². The minimum atomic E-state index is 0.277. The first-order chi connectivity index (χ1) is 9.02. The first-order valence-corrected chi connectivity index (χ1v) is 8.01. The molecule has 2 N–H and O–H groups in total. The second-order valence-corrected chi connectivity index (χ2v) is 7.33. The minimum Gasteiger partial charge on any atom is -0.342 e. The Morgan fingerprint density at radius 1 is 1.32 bits per heavy atom. The summed E-state index contributed by atoms with van der Waals surface area (Å²) in [5, 5.41) is 0. The largest absolute Gasteiger partial charge is 0.342 e. The molecule has 2 rings (SSSR count). The van der Waals surface area contributed by atoms with Gasteiger partial charge in [-0.15, -0.1) is 0 Å². The van der Waals surface area contributed by atoms with E-state index in [0.29, 0.717) is 17.2 Å². The summed E-state index contributed by atoms with van der Waals surface area (Å²) in [6, 6.07) is 0. The fourth-order valence-electron chi connectivity index (χ4n) is 3.88. The van der Waals surface area contributed by atoms with E-state index >= 15 is 0 Å². The molecule has 3 nitrogen and oxygen atoms in total. The van der Waals surface area contributed by atoms with Crippen LogP contribution in [0, 0.1) is 17.3 Å². The van der Waals surface area contributed by atoms with Crippen LogP contribution in [0.25, 0.3) is 0 Å². The highest BCUT2D eigenvalue weighted by atomic mass is 16.2. The van der Waals surface area contributed by atoms with E-state index in [1.165, 1.54) is 19.3 Å². The molecule has 0 spiro atoms. The van der Waals surface area contributed by atoms with Gasteiger partial charge >= 0.3 is 0 Å². The number of nitrogens with zero attached hydrogens (tertiary/aromatic N) is 1. The van der Waals surface area contributed by atoms with Crippen LogP contribution < -0.4 is 5.73 Å². The molecular weight excluding hydrogens is 236 g/mol. The molecule has 2 unspecified atom stereocenters. The number of carbonyl (C=O) groups excluding carboxylic acids is 1. The van der Waals surface area contributed by atoms with Gasteiger partial charge in [0.05, 0.1) is 0 Å². The fraction of sp³-hybridized carbons (Fsp3) is 0.938. The van der Waals surface area contributed by atoms with E-state index in [9.17, 15) is 4.79 Å². The molecular formula is C16H30N2O. The van der Waals surface area contributed by atoms with Gasteiger partial charge in [0, 0.05) is 19.0 Å². The highest BCUT2D eigenvalue weighted by Gasteiger charge is 2.34. The summed E-state index contributed by atoms with van der Waals surface area (Å²) in [4.78, 5) is 14.8. The molecule has 1 saturated carbocycles. The number of likely N-dealkylation sites (tertiary alicyclic amines) is 1. The SMILES string of the molecule is CC1(C)CCCN(C(=O)C2CCCC(CCN)C2)C1. The first-order valence-electron chi connectivity index (χ1n) is 8.01. The van der Waals surface area contributed by atoms with Crippen molar-refractivity contribution in [3.05, 3.63) is 0 Å². The average Bonchev–Trinajstić information content (AvgIpc) is 2.37. The lowest BCUT2D eigenvalue weighted by Gasteiger charge is -2.40. The Morgan fingerprint density at radius 3 is 2.79 bits per heavy atom.